The molecule has 0 amide bonds. The molecule has 7 heteroatoms. The molecule has 2 rings (SSSR count). The molecule has 0 aliphatic carbocycles. The zero-order valence-electron chi connectivity index (χ0n) is 10.3. The van der Waals surface area contributed by atoms with Crippen LogP contribution in [-0.4, -0.2) is 31.0 Å². The molecule has 104 valence electrons. The molecule has 0 spiro atoms. The van der Waals surface area contributed by atoms with Crippen molar-refractivity contribution in [1.82, 2.24) is 4.98 Å². The molecule has 19 heavy (non-hydrogen) atoms. The van der Waals surface area contributed by atoms with E-state index >= 15 is 0 Å². The lowest BCUT2D eigenvalue weighted by Gasteiger charge is -2.31. The predicted molar refractivity (Wildman–Crippen MR) is 62.2 cm³/mol. The number of piperidine rings is 1. The number of anilines is 1. The van der Waals surface area contributed by atoms with Gasteiger partial charge in [-0.1, -0.05) is 0 Å². The third kappa shape index (κ3) is 2.80. The van der Waals surface area contributed by atoms with Gasteiger partial charge in [0, 0.05) is 32.1 Å². The maximum Gasteiger partial charge on any atom is 0.418 e. The Labute approximate surface area is 108 Å². The Morgan fingerprint density at radius 3 is 2.47 bits per heavy atom. The van der Waals surface area contributed by atoms with Crippen LogP contribution in [0.4, 0.5) is 18.9 Å². The number of aromatic nitrogens is 1. The molecule has 2 heterocycles. The predicted octanol–water partition coefficient (Wildman–Crippen LogP) is 2.28. The topological polar surface area (TPSA) is 42.4 Å². The Bertz CT molecular complexity index is 478. The van der Waals surface area contributed by atoms with E-state index in [1.807, 2.05) is 0 Å². The van der Waals surface area contributed by atoms with Crippen LogP contribution in [0.3, 0.4) is 0 Å². The summed E-state index contributed by atoms with van der Waals surface area (Å²) < 4.78 is 44.0. The van der Waals surface area contributed by atoms with Crippen molar-refractivity contribution in [1.29, 1.82) is 0 Å². The van der Waals surface area contributed by atoms with Gasteiger partial charge in [0.2, 0.25) is 5.88 Å². The van der Waals surface area contributed by atoms with Crippen molar-refractivity contribution >= 4 is 11.5 Å². The fourth-order valence-corrected chi connectivity index (χ4v) is 2.10. The number of Topliss-reactive ketones (excluding diaryl/α,β-unsaturated/α-hetero) is 1. The Hall–Kier alpha value is -1.79. The van der Waals surface area contributed by atoms with Crippen LogP contribution in [0.5, 0.6) is 5.88 Å². The van der Waals surface area contributed by atoms with Gasteiger partial charge in [0.15, 0.2) is 0 Å². The number of carbonyl (C=O) groups is 1. The molecule has 4 nitrogen and oxygen atoms in total. The van der Waals surface area contributed by atoms with E-state index in [4.69, 9.17) is 4.74 Å². The molecule has 1 fully saturated rings. The van der Waals surface area contributed by atoms with E-state index in [0.717, 1.165) is 12.3 Å². The summed E-state index contributed by atoms with van der Waals surface area (Å²) in [5.41, 5.74) is -0.862. The van der Waals surface area contributed by atoms with E-state index in [9.17, 15) is 18.0 Å². The summed E-state index contributed by atoms with van der Waals surface area (Å²) in [4.78, 5) is 16.5. The molecule has 0 radical (unpaired) electrons. The Balaban J connectivity index is 2.44. The van der Waals surface area contributed by atoms with Crippen LogP contribution < -0.4 is 9.64 Å². The van der Waals surface area contributed by atoms with Gasteiger partial charge < -0.3 is 9.64 Å². The lowest BCUT2D eigenvalue weighted by atomic mass is 10.1. The maximum absolute atomic E-state index is 13.0. The highest BCUT2D eigenvalue weighted by Gasteiger charge is 2.37. The summed E-state index contributed by atoms with van der Waals surface area (Å²) in [6, 6.07) is 0.925. The van der Waals surface area contributed by atoms with Gasteiger partial charge in [-0.15, -0.1) is 0 Å². The highest BCUT2D eigenvalue weighted by Crippen LogP contribution is 2.41. The monoisotopic (exact) mass is 274 g/mol. The van der Waals surface area contributed by atoms with E-state index in [1.54, 1.807) is 0 Å². The molecule has 0 saturated carbocycles. The first-order valence-corrected chi connectivity index (χ1v) is 5.80. The average molecular weight is 274 g/mol. The van der Waals surface area contributed by atoms with Crippen LogP contribution in [-0.2, 0) is 11.0 Å². The molecule has 1 aliphatic heterocycles. The molecule has 1 aliphatic rings. The normalized spacial score (nSPS) is 16.6. The van der Waals surface area contributed by atoms with Gasteiger partial charge in [-0.05, 0) is 6.07 Å². The Kier molecular flexibility index (Phi) is 3.64. The third-order valence-electron chi connectivity index (χ3n) is 3.03. The SMILES string of the molecule is COc1nccc(C(F)(F)F)c1N1CCC(=O)CC1. The minimum Gasteiger partial charge on any atom is -0.480 e. The number of ether oxygens (including phenoxy) is 1. The van der Waals surface area contributed by atoms with Crippen molar-refractivity contribution in [2.45, 2.75) is 19.0 Å². The van der Waals surface area contributed by atoms with Gasteiger partial charge in [-0.3, -0.25) is 4.79 Å². The van der Waals surface area contributed by atoms with Crippen LogP contribution in [0.25, 0.3) is 0 Å². The van der Waals surface area contributed by atoms with Crippen molar-refractivity contribution in [2.24, 2.45) is 0 Å². The summed E-state index contributed by atoms with van der Waals surface area (Å²) in [6.07, 6.45) is -2.92. The Morgan fingerprint density at radius 2 is 1.95 bits per heavy atom. The number of alkyl halides is 3. The molecular formula is C12H13F3N2O2. The number of methoxy groups -OCH3 is 1. The summed E-state index contributed by atoms with van der Waals surface area (Å²) >= 11 is 0. The minimum atomic E-state index is -4.48. The molecule has 0 bridgehead atoms. The lowest BCUT2D eigenvalue weighted by Crippen LogP contribution is -2.35. The van der Waals surface area contributed by atoms with Crippen molar-refractivity contribution < 1.29 is 22.7 Å². The minimum absolute atomic E-state index is 0.0627. The number of carbonyl (C=O) groups excluding carboxylic acids is 1. The molecule has 0 unspecified atom stereocenters. The fraction of sp³-hybridized carbons (Fsp3) is 0.500. The third-order valence-corrected chi connectivity index (χ3v) is 3.03. The lowest BCUT2D eigenvalue weighted by molar-refractivity contribution is -0.137. The number of nitrogens with zero attached hydrogens (tertiary/aromatic N) is 2. The van der Waals surface area contributed by atoms with Crippen molar-refractivity contribution in [3.8, 4) is 5.88 Å². The molecule has 1 aromatic heterocycles. The average Bonchev–Trinajstić information content (AvgIpc) is 2.38. The van der Waals surface area contributed by atoms with Gasteiger partial charge in [0.05, 0.1) is 12.7 Å². The van der Waals surface area contributed by atoms with E-state index in [1.165, 1.54) is 12.0 Å². The summed E-state index contributed by atoms with van der Waals surface area (Å²) in [6.45, 7) is 0.508. The largest absolute Gasteiger partial charge is 0.480 e. The number of halogens is 3. The van der Waals surface area contributed by atoms with Crippen molar-refractivity contribution in [3.63, 3.8) is 0 Å². The summed E-state index contributed by atoms with van der Waals surface area (Å²) in [5.74, 6) is -0.00293. The second kappa shape index (κ2) is 5.07. The van der Waals surface area contributed by atoms with Crippen LogP contribution in [0.2, 0.25) is 0 Å². The zero-order chi connectivity index (χ0) is 14.0. The highest BCUT2D eigenvalue weighted by molar-refractivity contribution is 5.81. The van der Waals surface area contributed by atoms with E-state index in [-0.39, 0.29) is 43.3 Å². The standard InChI is InChI=1S/C12H13F3N2O2/c1-19-11-10(17-6-3-8(18)4-7-17)9(2-5-16-11)12(13,14)15/h2,5H,3-4,6-7H2,1H3. The Morgan fingerprint density at radius 1 is 1.32 bits per heavy atom. The van der Waals surface area contributed by atoms with Crippen molar-refractivity contribution in [2.75, 3.05) is 25.1 Å². The second-order valence-corrected chi connectivity index (χ2v) is 4.24. The maximum atomic E-state index is 13.0. The summed E-state index contributed by atoms with van der Waals surface area (Å²) in [5, 5.41) is 0. The molecule has 0 atom stereocenters. The first kappa shape index (κ1) is 13.6. The van der Waals surface area contributed by atoms with Crippen LogP contribution in [0.1, 0.15) is 18.4 Å². The zero-order valence-corrected chi connectivity index (χ0v) is 10.3. The van der Waals surface area contributed by atoms with E-state index in [2.05, 4.69) is 4.98 Å². The molecule has 1 aromatic rings. The molecule has 0 N–H and O–H groups in total. The fourth-order valence-electron chi connectivity index (χ4n) is 2.10. The summed E-state index contributed by atoms with van der Waals surface area (Å²) in [7, 11) is 1.28. The number of hydrogen-bond acceptors (Lipinski definition) is 4. The van der Waals surface area contributed by atoms with E-state index in [0.29, 0.717) is 0 Å². The van der Waals surface area contributed by atoms with Gasteiger partial charge in [-0.25, -0.2) is 4.98 Å². The van der Waals surface area contributed by atoms with Gasteiger partial charge in [0.25, 0.3) is 0 Å². The van der Waals surface area contributed by atoms with Gasteiger partial charge in [0.1, 0.15) is 11.5 Å². The smallest absolute Gasteiger partial charge is 0.418 e. The van der Waals surface area contributed by atoms with Crippen LogP contribution in [0.15, 0.2) is 12.3 Å². The van der Waals surface area contributed by atoms with Gasteiger partial charge >= 0.3 is 6.18 Å². The quantitative estimate of drug-likeness (QED) is 0.829. The molecular weight excluding hydrogens is 261 g/mol. The first-order valence-electron chi connectivity index (χ1n) is 5.80. The van der Waals surface area contributed by atoms with Crippen LogP contribution in [0, 0.1) is 0 Å². The number of hydrogen-bond donors (Lipinski definition) is 0. The second-order valence-electron chi connectivity index (χ2n) is 4.24. The molecule has 1 saturated heterocycles. The number of ketones is 1. The number of rotatable bonds is 2. The number of pyridine rings is 1. The first-order chi connectivity index (χ1) is 8.93. The van der Waals surface area contributed by atoms with E-state index < -0.39 is 11.7 Å². The molecule has 0 aromatic carbocycles. The van der Waals surface area contributed by atoms with Gasteiger partial charge in [-0.2, -0.15) is 13.2 Å². The van der Waals surface area contributed by atoms with Crippen LogP contribution >= 0.6 is 0 Å². The highest BCUT2D eigenvalue weighted by atomic mass is 19.4. The van der Waals surface area contributed by atoms with Crippen molar-refractivity contribution in [3.05, 3.63) is 17.8 Å².